The van der Waals surface area contributed by atoms with Gasteiger partial charge >= 0.3 is 0 Å². The van der Waals surface area contributed by atoms with Crippen LogP contribution in [0.15, 0.2) is 17.6 Å². The van der Waals surface area contributed by atoms with Crippen LogP contribution in [-0.4, -0.2) is 47.6 Å². The van der Waals surface area contributed by atoms with E-state index in [0.29, 0.717) is 36.2 Å². The number of nitrogens with two attached hydrogens (primary N) is 1. The highest BCUT2D eigenvalue weighted by atomic mass is 35.5. The Morgan fingerprint density at radius 1 is 1.50 bits per heavy atom. The fourth-order valence-corrected chi connectivity index (χ4v) is 3.03. The van der Waals surface area contributed by atoms with E-state index in [2.05, 4.69) is 20.6 Å². The number of amides is 2. The number of carbonyl (C=O) groups excluding carboxylic acids is 2. The van der Waals surface area contributed by atoms with Crippen LogP contribution in [0.3, 0.4) is 0 Å². The molecule has 130 valence electrons. The highest BCUT2D eigenvalue weighted by Crippen LogP contribution is 2.25. The molecular formula is C14H18ClN5O3S. The van der Waals surface area contributed by atoms with Crippen molar-refractivity contribution in [3.63, 3.8) is 0 Å². The molecule has 0 aliphatic carbocycles. The van der Waals surface area contributed by atoms with Crippen molar-refractivity contribution in [1.82, 2.24) is 15.3 Å². The number of hydrogen-bond donors (Lipinski definition) is 4. The molecule has 5 N–H and O–H groups in total. The normalized spacial score (nSPS) is 17.1. The Labute approximate surface area is 148 Å². The van der Waals surface area contributed by atoms with Gasteiger partial charge in [0.1, 0.15) is 5.69 Å². The Balaban J connectivity index is 0.00000208. The first-order valence-corrected chi connectivity index (χ1v) is 8.05. The van der Waals surface area contributed by atoms with Crippen LogP contribution in [0.4, 0.5) is 5.13 Å². The van der Waals surface area contributed by atoms with Crippen molar-refractivity contribution in [2.75, 3.05) is 25.1 Å². The number of primary amides is 1. The molecule has 3 rings (SSSR count). The van der Waals surface area contributed by atoms with Crippen molar-refractivity contribution in [2.24, 2.45) is 5.73 Å². The number of carbonyl (C=O) groups is 2. The van der Waals surface area contributed by atoms with E-state index in [9.17, 15) is 9.59 Å². The number of aromatic amines is 1. The average molecular weight is 372 g/mol. The molecule has 2 amide bonds. The molecule has 24 heavy (non-hydrogen) atoms. The Morgan fingerprint density at radius 2 is 2.33 bits per heavy atom. The van der Waals surface area contributed by atoms with Gasteiger partial charge in [0.15, 0.2) is 5.13 Å². The number of halogens is 1. The molecule has 0 spiro atoms. The molecule has 1 aliphatic rings. The maximum atomic E-state index is 12.0. The Kier molecular flexibility index (Phi) is 6.32. The first-order chi connectivity index (χ1) is 11.1. The van der Waals surface area contributed by atoms with E-state index in [-0.39, 0.29) is 24.4 Å². The van der Waals surface area contributed by atoms with Gasteiger partial charge in [-0.05, 0) is 6.07 Å². The third kappa shape index (κ3) is 4.54. The van der Waals surface area contributed by atoms with E-state index >= 15 is 0 Å². The van der Waals surface area contributed by atoms with Gasteiger partial charge in [-0.2, -0.15) is 0 Å². The van der Waals surface area contributed by atoms with Crippen LogP contribution < -0.4 is 16.4 Å². The minimum absolute atomic E-state index is 0. The van der Waals surface area contributed by atoms with Crippen LogP contribution in [0, 0.1) is 0 Å². The van der Waals surface area contributed by atoms with Gasteiger partial charge in [0.05, 0.1) is 18.9 Å². The summed E-state index contributed by atoms with van der Waals surface area (Å²) in [5.41, 5.74) is 6.95. The molecule has 0 radical (unpaired) electrons. The first-order valence-electron chi connectivity index (χ1n) is 7.17. The van der Waals surface area contributed by atoms with Crippen molar-refractivity contribution in [2.45, 2.75) is 12.5 Å². The number of thiazole rings is 1. The Hall–Kier alpha value is -1.94. The van der Waals surface area contributed by atoms with Gasteiger partial charge in [-0.1, -0.05) is 0 Å². The summed E-state index contributed by atoms with van der Waals surface area (Å²) in [5, 5.41) is 8.34. The summed E-state index contributed by atoms with van der Waals surface area (Å²) >= 11 is 1.33. The standard InChI is InChI=1S/C14H17N5O3S.ClH/c15-13(21)10-3-8(5-17-10)11-7-23-14(18-11)19-12(20)4-9-6-22-2-1-16-9;/h3,5,7,9,16-17H,1-2,4,6H2,(H2,15,21)(H,18,19,20);1H. The highest BCUT2D eigenvalue weighted by Gasteiger charge is 2.18. The number of nitrogens with zero attached hydrogens (tertiary/aromatic N) is 1. The average Bonchev–Trinajstić information content (AvgIpc) is 3.16. The minimum atomic E-state index is -0.526. The zero-order chi connectivity index (χ0) is 16.2. The number of ether oxygens (including phenoxy) is 1. The number of rotatable bonds is 5. The number of hydrogen-bond acceptors (Lipinski definition) is 6. The van der Waals surface area contributed by atoms with Crippen molar-refractivity contribution in [3.8, 4) is 11.3 Å². The smallest absolute Gasteiger partial charge is 0.265 e. The second-order valence-electron chi connectivity index (χ2n) is 5.18. The van der Waals surface area contributed by atoms with E-state index < -0.39 is 5.91 Å². The maximum Gasteiger partial charge on any atom is 0.265 e. The van der Waals surface area contributed by atoms with E-state index in [0.717, 1.165) is 12.1 Å². The molecule has 1 aliphatic heterocycles. The minimum Gasteiger partial charge on any atom is -0.378 e. The van der Waals surface area contributed by atoms with Gasteiger partial charge in [0, 0.05) is 36.1 Å². The van der Waals surface area contributed by atoms with Crippen LogP contribution in [0.25, 0.3) is 11.3 Å². The number of morpholine rings is 1. The lowest BCUT2D eigenvalue weighted by atomic mass is 10.2. The predicted molar refractivity (Wildman–Crippen MR) is 93.5 cm³/mol. The fraction of sp³-hybridized carbons (Fsp3) is 0.357. The van der Waals surface area contributed by atoms with Gasteiger partial charge in [0.2, 0.25) is 5.91 Å². The van der Waals surface area contributed by atoms with E-state index in [1.807, 2.05) is 5.38 Å². The largest absolute Gasteiger partial charge is 0.378 e. The van der Waals surface area contributed by atoms with Crippen LogP contribution in [0.1, 0.15) is 16.9 Å². The highest BCUT2D eigenvalue weighted by molar-refractivity contribution is 7.14. The van der Waals surface area contributed by atoms with Gasteiger partial charge in [-0.15, -0.1) is 23.7 Å². The summed E-state index contributed by atoms with van der Waals surface area (Å²) in [6.07, 6.45) is 1.99. The molecule has 0 bridgehead atoms. The maximum absolute atomic E-state index is 12.0. The number of anilines is 1. The SMILES string of the molecule is Cl.NC(=O)c1cc(-c2csc(NC(=O)CC3COCCN3)n2)c[nH]1. The molecule has 2 aromatic heterocycles. The van der Waals surface area contributed by atoms with Crippen LogP contribution in [0.5, 0.6) is 0 Å². The monoisotopic (exact) mass is 371 g/mol. The second kappa shape index (κ2) is 8.25. The van der Waals surface area contributed by atoms with Crippen molar-refractivity contribution in [3.05, 3.63) is 23.3 Å². The zero-order valence-corrected chi connectivity index (χ0v) is 14.3. The Morgan fingerprint density at radius 3 is 3.00 bits per heavy atom. The Bertz CT molecular complexity index is 711. The second-order valence-corrected chi connectivity index (χ2v) is 6.04. The number of nitrogens with one attached hydrogen (secondary N) is 3. The summed E-state index contributed by atoms with van der Waals surface area (Å²) in [6.45, 7) is 1.97. The summed E-state index contributed by atoms with van der Waals surface area (Å²) < 4.78 is 5.32. The lowest BCUT2D eigenvalue weighted by Gasteiger charge is -2.22. The molecule has 10 heteroatoms. The number of H-pyrrole nitrogens is 1. The van der Waals surface area contributed by atoms with Gasteiger partial charge in [0.25, 0.3) is 5.91 Å². The third-order valence-electron chi connectivity index (χ3n) is 3.43. The molecule has 3 heterocycles. The molecule has 1 atom stereocenters. The van der Waals surface area contributed by atoms with Crippen LogP contribution in [0.2, 0.25) is 0 Å². The van der Waals surface area contributed by atoms with E-state index in [1.54, 1.807) is 12.3 Å². The summed E-state index contributed by atoms with van der Waals surface area (Å²) in [7, 11) is 0. The van der Waals surface area contributed by atoms with Crippen LogP contribution >= 0.6 is 23.7 Å². The van der Waals surface area contributed by atoms with Crippen LogP contribution in [-0.2, 0) is 9.53 Å². The van der Waals surface area contributed by atoms with E-state index in [1.165, 1.54) is 11.3 Å². The number of aromatic nitrogens is 2. The van der Waals surface area contributed by atoms with Crippen molar-refractivity contribution < 1.29 is 14.3 Å². The predicted octanol–water partition coefficient (Wildman–Crippen LogP) is 0.976. The molecule has 1 fully saturated rings. The van der Waals surface area contributed by atoms with Gasteiger partial charge in [-0.25, -0.2) is 4.98 Å². The topological polar surface area (TPSA) is 122 Å². The summed E-state index contributed by atoms with van der Waals surface area (Å²) in [5.74, 6) is -0.636. The quantitative estimate of drug-likeness (QED) is 0.624. The lowest BCUT2D eigenvalue weighted by molar-refractivity contribution is -0.117. The van der Waals surface area contributed by atoms with Gasteiger partial charge in [-0.3, -0.25) is 9.59 Å². The summed E-state index contributed by atoms with van der Waals surface area (Å²) in [6, 6.07) is 1.66. The third-order valence-corrected chi connectivity index (χ3v) is 4.18. The van der Waals surface area contributed by atoms with Crippen molar-refractivity contribution in [1.29, 1.82) is 0 Å². The molecule has 2 aromatic rings. The molecule has 1 unspecified atom stereocenters. The fourth-order valence-electron chi connectivity index (χ4n) is 2.29. The molecule has 0 aromatic carbocycles. The molecule has 8 nitrogen and oxygen atoms in total. The van der Waals surface area contributed by atoms with Crippen molar-refractivity contribution >= 4 is 40.7 Å². The molecular weight excluding hydrogens is 354 g/mol. The van der Waals surface area contributed by atoms with E-state index in [4.69, 9.17) is 10.5 Å². The first kappa shape index (κ1) is 18.4. The zero-order valence-electron chi connectivity index (χ0n) is 12.7. The molecule has 0 saturated carbocycles. The molecule has 1 saturated heterocycles. The van der Waals surface area contributed by atoms with Gasteiger partial charge < -0.3 is 26.1 Å². The lowest BCUT2D eigenvalue weighted by Crippen LogP contribution is -2.43. The summed E-state index contributed by atoms with van der Waals surface area (Å²) in [4.78, 5) is 30.2.